The highest BCUT2D eigenvalue weighted by molar-refractivity contribution is 5.74. The second-order valence-corrected chi connectivity index (χ2v) is 3.81. The number of amides is 2. The first-order valence-electron chi connectivity index (χ1n) is 4.89. The maximum absolute atomic E-state index is 11.4. The molecule has 0 bridgehead atoms. The molecule has 0 aromatic heterocycles. The van der Waals surface area contributed by atoms with Crippen molar-refractivity contribution >= 4 is 6.03 Å². The van der Waals surface area contributed by atoms with Gasteiger partial charge in [0.05, 0.1) is 13.2 Å². The molecule has 0 unspecified atom stereocenters. The second-order valence-electron chi connectivity index (χ2n) is 3.81. The monoisotopic (exact) mass is 201 g/mol. The number of carbonyl (C=O) groups is 1. The molecular weight excluding hydrogens is 182 g/mol. The van der Waals surface area contributed by atoms with Crippen molar-refractivity contribution in [3.63, 3.8) is 0 Å². The Kier molecular flexibility index (Phi) is 4.16. The molecule has 2 N–H and O–H groups in total. The van der Waals surface area contributed by atoms with E-state index in [0.29, 0.717) is 25.7 Å². The fraction of sp³-hybridized carbons (Fsp3) is 0.889. The topological polar surface area (TPSA) is 58.8 Å². The lowest BCUT2D eigenvalue weighted by atomic mass is 10.0. The molecule has 0 aliphatic carbocycles. The van der Waals surface area contributed by atoms with E-state index in [0.717, 1.165) is 13.1 Å². The van der Waals surface area contributed by atoms with Gasteiger partial charge in [0.2, 0.25) is 0 Å². The zero-order valence-electron chi connectivity index (χ0n) is 8.90. The Morgan fingerprint density at radius 1 is 1.57 bits per heavy atom. The third-order valence-electron chi connectivity index (χ3n) is 2.23. The summed E-state index contributed by atoms with van der Waals surface area (Å²) in [6.45, 7) is 3.50. The number of ether oxygens (including phenoxy) is 1. The zero-order valence-corrected chi connectivity index (χ0v) is 8.90. The van der Waals surface area contributed by atoms with Crippen LogP contribution in [0.25, 0.3) is 0 Å². The lowest BCUT2D eigenvalue weighted by Crippen LogP contribution is -2.54. The molecule has 0 aromatic rings. The summed E-state index contributed by atoms with van der Waals surface area (Å²) in [6.07, 6.45) is 0. The summed E-state index contributed by atoms with van der Waals surface area (Å²) in [5, 5.41) is 0. The Balaban J connectivity index is 2.08. The van der Waals surface area contributed by atoms with E-state index in [-0.39, 0.29) is 6.03 Å². The molecule has 0 aromatic carbocycles. The minimum atomic E-state index is 0.0834. The van der Waals surface area contributed by atoms with Crippen LogP contribution >= 0.6 is 0 Å². The molecule has 0 radical (unpaired) electrons. The van der Waals surface area contributed by atoms with E-state index in [2.05, 4.69) is 0 Å². The smallest absolute Gasteiger partial charge is 0.319 e. The minimum absolute atomic E-state index is 0.0834. The van der Waals surface area contributed by atoms with Gasteiger partial charge in [-0.2, -0.15) is 0 Å². The quantitative estimate of drug-likeness (QED) is 0.628. The molecule has 1 aliphatic heterocycles. The average Bonchev–Trinajstić information content (AvgIpc) is 2.08. The van der Waals surface area contributed by atoms with Crippen LogP contribution in [-0.4, -0.2) is 62.8 Å². The first kappa shape index (κ1) is 11.3. The van der Waals surface area contributed by atoms with Crippen LogP contribution in [0, 0.1) is 5.92 Å². The van der Waals surface area contributed by atoms with Gasteiger partial charge in [0, 0.05) is 39.6 Å². The summed E-state index contributed by atoms with van der Waals surface area (Å²) < 4.78 is 5.30. The fourth-order valence-corrected chi connectivity index (χ4v) is 1.45. The average molecular weight is 201 g/mol. The number of hydrogen-bond donors (Lipinski definition) is 1. The van der Waals surface area contributed by atoms with Gasteiger partial charge in [-0.3, -0.25) is 0 Å². The molecule has 5 heteroatoms. The summed E-state index contributed by atoms with van der Waals surface area (Å²) in [7, 11) is 3.53. The fourth-order valence-electron chi connectivity index (χ4n) is 1.45. The molecule has 0 atom stereocenters. The van der Waals surface area contributed by atoms with E-state index in [1.165, 1.54) is 0 Å². The van der Waals surface area contributed by atoms with E-state index in [1.54, 1.807) is 19.0 Å². The van der Waals surface area contributed by atoms with Crippen LogP contribution in [0.2, 0.25) is 0 Å². The van der Waals surface area contributed by atoms with E-state index in [9.17, 15) is 4.79 Å². The molecule has 0 saturated carbocycles. The van der Waals surface area contributed by atoms with Gasteiger partial charge in [0.25, 0.3) is 0 Å². The maximum Gasteiger partial charge on any atom is 0.319 e. The standard InChI is InChI=1S/C9H19N3O2/c1-11(2)9(13)12-5-8(6-12)7-14-4-3-10/h8H,3-7,10H2,1-2H3. The molecule has 2 amide bonds. The van der Waals surface area contributed by atoms with Crippen molar-refractivity contribution in [1.82, 2.24) is 9.80 Å². The van der Waals surface area contributed by atoms with Crippen molar-refractivity contribution in [2.24, 2.45) is 11.7 Å². The van der Waals surface area contributed by atoms with Crippen molar-refractivity contribution in [2.75, 3.05) is 46.9 Å². The second kappa shape index (κ2) is 5.17. The maximum atomic E-state index is 11.4. The molecular formula is C9H19N3O2. The third-order valence-corrected chi connectivity index (χ3v) is 2.23. The third kappa shape index (κ3) is 2.85. The zero-order chi connectivity index (χ0) is 10.6. The molecule has 1 rings (SSSR count). The lowest BCUT2D eigenvalue weighted by Gasteiger charge is -2.40. The molecule has 0 spiro atoms. The van der Waals surface area contributed by atoms with Gasteiger partial charge in [-0.05, 0) is 0 Å². The Bertz CT molecular complexity index is 190. The van der Waals surface area contributed by atoms with Crippen LogP contribution in [0.15, 0.2) is 0 Å². The van der Waals surface area contributed by atoms with E-state index in [1.807, 2.05) is 4.90 Å². The van der Waals surface area contributed by atoms with Gasteiger partial charge in [-0.25, -0.2) is 4.79 Å². The van der Waals surface area contributed by atoms with Gasteiger partial charge in [0.1, 0.15) is 0 Å². The van der Waals surface area contributed by atoms with Crippen molar-refractivity contribution in [3.05, 3.63) is 0 Å². The first-order chi connectivity index (χ1) is 6.65. The van der Waals surface area contributed by atoms with Crippen molar-refractivity contribution in [2.45, 2.75) is 0 Å². The Morgan fingerprint density at radius 3 is 2.71 bits per heavy atom. The van der Waals surface area contributed by atoms with Crippen molar-refractivity contribution < 1.29 is 9.53 Å². The molecule has 14 heavy (non-hydrogen) atoms. The highest BCUT2D eigenvalue weighted by atomic mass is 16.5. The van der Waals surface area contributed by atoms with E-state index >= 15 is 0 Å². The highest BCUT2D eigenvalue weighted by Crippen LogP contribution is 2.16. The number of urea groups is 1. The molecule has 1 saturated heterocycles. The first-order valence-corrected chi connectivity index (χ1v) is 4.89. The predicted molar refractivity (Wildman–Crippen MR) is 54.0 cm³/mol. The molecule has 82 valence electrons. The van der Waals surface area contributed by atoms with E-state index < -0.39 is 0 Å². The van der Waals surface area contributed by atoms with Gasteiger partial charge >= 0.3 is 6.03 Å². The largest absolute Gasteiger partial charge is 0.380 e. The van der Waals surface area contributed by atoms with Crippen LogP contribution in [0.1, 0.15) is 0 Å². The van der Waals surface area contributed by atoms with E-state index in [4.69, 9.17) is 10.5 Å². The molecule has 1 fully saturated rings. The highest BCUT2D eigenvalue weighted by Gasteiger charge is 2.31. The van der Waals surface area contributed by atoms with Gasteiger partial charge < -0.3 is 20.3 Å². The Morgan fingerprint density at radius 2 is 2.21 bits per heavy atom. The van der Waals surface area contributed by atoms with Gasteiger partial charge in [-0.15, -0.1) is 0 Å². The molecule has 1 heterocycles. The van der Waals surface area contributed by atoms with Crippen LogP contribution in [0.3, 0.4) is 0 Å². The summed E-state index contributed by atoms with van der Waals surface area (Å²) in [5.41, 5.74) is 5.29. The Labute approximate surface area is 84.8 Å². The number of nitrogens with zero attached hydrogens (tertiary/aromatic N) is 2. The van der Waals surface area contributed by atoms with Gasteiger partial charge in [0.15, 0.2) is 0 Å². The van der Waals surface area contributed by atoms with Crippen LogP contribution in [0.4, 0.5) is 4.79 Å². The SMILES string of the molecule is CN(C)C(=O)N1CC(COCCN)C1. The van der Waals surface area contributed by atoms with Crippen LogP contribution in [0.5, 0.6) is 0 Å². The van der Waals surface area contributed by atoms with Crippen LogP contribution in [-0.2, 0) is 4.74 Å². The number of hydrogen-bond acceptors (Lipinski definition) is 3. The number of carbonyl (C=O) groups excluding carboxylic acids is 1. The number of likely N-dealkylation sites (tertiary alicyclic amines) is 1. The van der Waals surface area contributed by atoms with Crippen LogP contribution < -0.4 is 5.73 Å². The Hall–Kier alpha value is -0.810. The summed E-state index contributed by atoms with van der Waals surface area (Å²) in [4.78, 5) is 14.8. The summed E-state index contributed by atoms with van der Waals surface area (Å²) in [5.74, 6) is 0.491. The molecule has 1 aliphatic rings. The predicted octanol–water partition coefficient (Wildman–Crippen LogP) is -0.425. The summed E-state index contributed by atoms with van der Waals surface area (Å²) >= 11 is 0. The lowest BCUT2D eigenvalue weighted by molar-refractivity contribution is 0.0296. The number of rotatable bonds is 4. The normalized spacial score (nSPS) is 16.6. The van der Waals surface area contributed by atoms with Crippen molar-refractivity contribution in [1.29, 1.82) is 0 Å². The minimum Gasteiger partial charge on any atom is -0.380 e. The summed E-state index contributed by atoms with van der Waals surface area (Å²) in [6, 6.07) is 0.0834. The molecule has 5 nitrogen and oxygen atoms in total. The van der Waals surface area contributed by atoms with Crippen molar-refractivity contribution in [3.8, 4) is 0 Å². The number of nitrogens with two attached hydrogens (primary N) is 1. The van der Waals surface area contributed by atoms with Gasteiger partial charge in [-0.1, -0.05) is 0 Å².